The van der Waals surface area contributed by atoms with E-state index in [0.717, 1.165) is 24.3 Å². The molecule has 1 aromatic heterocycles. The van der Waals surface area contributed by atoms with Crippen LogP contribution >= 0.6 is 20.8 Å². The van der Waals surface area contributed by atoms with Crippen LogP contribution in [-0.2, 0) is 7.05 Å². The van der Waals surface area contributed by atoms with Gasteiger partial charge in [0.05, 0.1) is 16.9 Å². The van der Waals surface area contributed by atoms with E-state index in [1.807, 2.05) is 41.6 Å². The molecule has 1 saturated heterocycles. The van der Waals surface area contributed by atoms with Gasteiger partial charge in [-0.3, -0.25) is 4.79 Å². The molecule has 162 valence electrons. The summed E-state index contributed by atoms with van der Waals surface area (Å²) in [6, 6.07) is 11.0. The fourth-order valence-electron chi connectivity index (χ4n) is 4.28. The predicted octanol–water partition coefficient (Wildman–Crippen LogP) is 3.47. The number of carbonyl (C=O) groups is 1. The maximum absolute atomic E-state index is 16.1. The van der Waals surface area contributed by atoms with Crippen molar-refractivity contribution in [2.24, 2.45) is 12.8 Å². The molecule has 1 atom stereocenters. The van der Waals surface area contributed by atoms with Crippen molar-refractivity contribution < 1.29 is 9.18 Å². The Hall–Kier alpha value is -2.40. The largest absolute Gasteiger partial charge is 0.367 e. The Bertz CT molecular complexity index is 1150. The monoisotopic (exact) mass is 458 g/mol. The van der Waals surface area contributed by atoms with Crippen molar-refractivity contribution in [3.8, 4) is 22.4 Å². The Balaban J connectivity index is 2.03. The number of hydrogen-bond acceptors (Lipinski definition) is 3. The molecule has 0 aliphatic carbocycles. The molecule has 1 aliphatic rings. The molecule has 0 bridgehead atoms. The van der Waals surface area contributed by atoms with Crippen LogP contribution in [-0.4, -0.2) is 36.7 Å². The standard InChI is InChI=1S/C23H25ClFN4OP/c1-13-18(23(26)30)20(22(28(13)2)14-3-5-15(24)6-4-14)19-17(31)8-7-16(21(19)25)29-11-9-27-10-12-29/h3-8,27H,9-12,31H2,1-2H3,(H2,26,30). The highest BCUT2D eigenvalue weighted by Gasteiger charge is 2.29. The van der Waals surface area contributed by atoms with Crippen LogP contribution in [0.1, 0.15) is 16.1 Å². The molecule has 1 unspecified atom stereocenters. The van der Waals surface area contributed by atoms with Crippen LogP contribution in [0.5, 0.6) is 0 Å². The van der Waals surface area contributed by atoms with E-state index in [1.54, 1.807) is 18.2 Å². The number of benzene rings is 2. The summed E-state index contributed by atoms with van der Waals surface area (Å²) >= 11 is 6.09. The molecule has 31 heavy (non-hydrogen) atoms. The summed E-state index contributed by atoms with van der Waals surface area (Å²) in [4.78, 5) is 14.5. The molecule has 0 spiro atoms. The second-order valence-corrected chi connectivity index (χ2v) is 8.77. The molecule has 1 fully saturated rings. The van der Waals surface area contributed by atoms with Crippen LogP contribution in [0.15, 0.2) is 36.4 Å². The van der Waals surface area contributed by atoms with Gasteiger partial charge in [0.1, 0.15) is 0 Å². The lowest BCUT2D eigenvalue weighted by molar-refractivity contribution is 0.1000. The van der Waals surface area contributed by atoms with Gasteiger partial charge in [0.15, 0.2) is 5.82 Å². The average molecular weight is 459 g/mol. The Labute approximate surface area is 188 Å². The van der Waals surface area contributed by atoms with Crippen LogP contribution in [0.2, 0.25) is 5.02 Å². The number of nitrogens with one attached hydrogen (secondary N) is 1. The van der Waals surface area contributed by atoms with Crippen molar-refractivity contribution >= 4 is 37.7 Å². The molecule has 2 aromatic carbocycles. The van der Waals surface area contributed by atoms with Gasteiger partial charge >= 0.3 is 0 Å². The molecule has 2 heterocycles. The minimum Gasteiger partial charge on any atom is -0.367 e. The van der Waals surface area contributed by atoms with E-state index in [2.05, 4.69) is 14.6 Å². The molecule has 1 amide bonds. The third-order valence-electron chi connectivity index (χ3n) is 5.91. The van der Waals surface area contributed by atoms with Crippen LogP contribution in [0.25, 0.3) is 22.4 Å². The van der Waals surface area contributed by atoms with E-state index in [9.17, 15) is 4.79 Å². The van der Waals surface area contributed by atoms with E-state index in [1.165, 1.54) is 0 Å². The summed E-state index contributed by atoms with van der Waals surface area (Å²) in [5.41, 5.74) is 9.78. The number of carbonyl (C=O) groups excluding carboxylic acids is 1. The first-order valence-electron chi connectivity index (χ1n) is 10.1. The lowest BCUT2D eigenvalue weighted by Crippen LogP contribution is -2.44. The van der Waals surface area contributed by atoms with Gasteiger partial charge in [-0.15, -0.1) is 9.24 Å². The van der Waals surface area contributed by atoms with Crippen molar-refractivity contribution in [3.63, 3.8) is 0 Å². The van der Waals surface area contributed by atoms with Crippen LogP contribution in [0, 0.1) is 12.7 Å². The van der Waals surface area contributed by atoms with E-state index in [-0.39, 0.29) is 5.82 Å². The lowest BCUT2D eigenvalue weighted by atomic mass is 9.95. The number of piperazine rings is 1. The highest BCUT2D eigenvalue weighted by molar-refractivity contribution is 7.28. The molecular formula is C23H25ClFN4OP. The molecule has 8 heteroatoms. The smallest absolute Gasteiger partial charge is 0.251 e. The van der Waals surface area contributed by atoms with Gasteiger partial charge in [0, 0.05) is 55.1 Å². The first-order chi connectivity index (χ1) is 14.8. The number of rotatable bonds is 4. The minimum atomic E-state index is -0.584. The quantitative estimate of drug-likeness (QED) is 0.588. The maximum atomic E-state index is 16.1. The first kappa shape index (κ1) is 21.8. The summed E-state index contributed by atoms with van der Waals surface area (Å²) in [7, 11) is 4.46. The van der Waals surface area contributed by atoms with Crippen molar-refractivity contribution in [1.29, 1.82) is 0 Å². The number of nitrogens with zero attached hydrogens (tertiary/aromatic N) is 2. The topological polar surface area (TPSA) is 63.3 Å². The third kappa shape index (κ3) is 3.84. The number of nitrogens with two attached hydrogens (primary N) is 1. The number of primary amides is 1. The minimum absolute atomic E-state index is 0.326. The SMILES string of the molecule is Cc1c(C(N)=O)c(-c2c(P)ccc(N3CCNCC3)c2F)c(-c2ccc(Cl)cc2)n1C. The Morgan fingerprint density at radius 2 is 1.77 bits per heavy atom. The molecule has 0 saturated carbocycles. The zero-order chi connectivity index (χ0) is 22.3. The normalized spacial score (nSPS) is 14.2. The Morgan fingerprint density at radius 1 is 1.13 bits per heavy atom. The summed E-state index contributed by atoms with van der Waals surface area (Å²) in [6.07, 6.45) is 0. The second kappa shape index (κ2) is 8.62. The van der Waals surface area contributed by atoms with Crippen molar-refractivity contribution in [2.75, 3.05) is 31.1 Å². The average Bonchev–Trinajstić information content (AvgIpc) is 3.00. The summed E-state index contributed by atoms with van der Waals surface area (Å²) in [5, 5.41) is 4.56. The van der Waals surface area contributed by atoms with Gasteiger partial charge in [-0.25, -0.2) is 4.39 Å². The molecule has 3 aromatic rings. The molecule has 3 N–H and O–H groups in total. The Morgan fingerprint density at radius 3 is 2.39 bits per heavy atom. The fraction of sp³-hybridized carbons (Fsp3) is 0.261. The number of halogens is 2. The molecule has 5 nitrogen and oxygen atoms in total. The third-order valence-corrected chi connectivity index (χ3v) is 6.65. The van der Waals surface area contributed by atoms with E-state index >= 15 is 4.39 Å². The number of anilines is 1. The van der Waals surface area contributed by atoms with Crippen molar-refractivity contribution in [2.45, 2.75) is 6.92 Å². The van der Waals surface area contributed by atoms with Crippen LogP contribution in [0.3, 0.4) is 0 Å². The van der Waals surface area contributed by atoms with Gasteiger partial charge in [-0.2, -0.15) is 0 Å². The summed E-state index contributed by atoms with van der Waals surface area (Å²) in [6.45, 7) is 4.85. The maximum Gasteiger partial charge on any atom is 0.251 e. The van der Waals surface area contributed by atoms with Gasteiger partial charge in [0.25, 0.3) is 5.91 Å². The summed E-state index contributed by atoms with van der Waals surface area (Å²) in [5.74, 6) is -0.933. The van der Waals surface area contributed by atoms with E-state index in [0.29, 0.717) is 51.5 Å². The first-order valence-corrected chi connectivity index (χ1v) is 11.1. The van der Waals surface area contributed by atoms with E-state index < -0.39 is 5.91 Å². The van der Waals surface area contributed by atoms with E-state index in [4.69, 9.17) is 17.3 Å². The molecule has 4 rings (SSSR count). The lowest BCUT2D eigenvalue weighted by Gasteiger charge is -2.30. The second-order valence-electron chi connectivity index (χ2n) is 7.71. The van der Waals surface area contributed by atoms with Crippen molar-refractivity contribution in [3.05, 3.63) is 58.5 Å². The van der Waals surface area contributed by atoms with Crippen LogP contribution < -0.4 is 21.3 Å². The highest BCUT2D eigenvalue weighted by atomic mass is 35.5. The fourth-order valence-corrected chi connectivity index (χ4v) is 4.77. The van der Waals surface area contributed by atoms with Crippen molar-refractivity contribution in [1.82, 2.24) is 9.88 Å². The zero-order valence-electron chi connectivity index (χ0n) is 17.5. The molecule has 0 radical (unpaired) electrons. The van der Waals surface area contributed by atoms with Crippen LogP contribution in [0.4, 0.5) is 10.1 Å². The molecular weight excluding hydrogens is 434 g/mol. The highest BCUT2D eigenvalue weighted by Crippen LogP contribution is 2.41. The summed E-state index contributed by atoms with van der Waals surface area (Å²) < 4.78 is 18.0. The number of aromatic nitrogens is 1. The predicted molar refractivity (Wildman–Crippen MR) is 129 cm³/mol. The number of amides is 1. The molecule has 1 aliphatic heterocycles. The zero-order valence-corrected chi connectivity index (χ0v) is 19.4. The number of hydrogen-bond donors (Lipinski definition) is 2. The van der Waals surface area contributed by atoms with Gasteiger partial charge < -0.3 is 20.5 Å². The van der Waals surface area contributed by atoms with Gasteiger partial charge in [-0.1, -0.05) is 29.8 Å². The van der Waals surface area contributed by atoms with Gasteiger partial charge in [-0.05, 0) is 36.0 Å². The van der Waals surface area contributed by atoms with Gasteiger partial charge in [0.2, 0.25) is 0 Å². The Kier molecular flexibility index (Phi) is 6.07.